The first-order valence-electron chi connectivity index (χ1n) is 4.24. The van der Waals surface area contributed by atoms with Crippen LogP contribution in [-0.2, 0) is 0 Å². The van der Waals surface area contributed by atoms with E-state index >= 15 is 0 Å². The lowest BCUT2D eigenvalue weighted by Gasteiger charge is -2.00. The van der Waals surface area contributed by atoms with Crippen LogP contribution in [0.4, 0.5) is 4.39 Å². The lowest BCUT2D eigenvalue weighted by Crippen LogP contribution is -1.91. The Kier molecular flexibility index (Phi) is 6.99. The molecule has 0 rings (SSSR count). The summed E-state index contributed by atoms with van der Waals surface area (Å²) in [4.78, 5) is 0. The highest BCUT2D eigenvalue weighted by atomic mass is 19.1. The van der Waals surface area contributed by atoms with Crippen molar-refractivity contribution in [3.8, 4) is 0 Å². The van der Waals surface area contributed by atoms with Crippen LogP contribution in [0.3, 0.4) is 0 Å². The van der Waals surface area contributed by atoms with Crippen molar-refractivity contribution in [1.29, 1.82) is 0 Å². The van der Waals surface area contributed by atoms with Crippen LogP contribution in [0.1, 0.15) is 45.4 Å². The molecule has 0 spiro atoms. The fourth-order valence-corrected chi connectivity index (χ4v) is 0.969. The Bertz CT molecular complexity index is 59.7. The number of unbranched alkanes of at least 4 members (excludes halogenated alkanes) is 4. The molecule has 0 aliphatic rings. The van der Waals surface area contributed by atoms with Crippen molar-refractivity contribution in [1.82, 2.24) is 0 Å². The van der Waals surface area contributed by atoms with Crippen molar-refractivity contribution in [2.45, 2.75) is 51.6 Å². The van der Waals surface area contributed by atoms with E-state index in [1.54, 1.807) is 0 Å². The van der Waals surface area contributed by atoms with E-state index in [1.165, 1.54) is 25.7 Å². The second kappa shape index (κ2) is 7.04. The molecule has 0 aromatic carbocycles. The summed E-state index contributed by atoms with van der Waals surface area (Å²) in [6, 6.07) is 0. The predicted octanol–water partition coefficient (Wildman–Crippen LogP) is 3.52. The van der Waals surface area contributed by atoms with Crippen molar-refractivity contribution in [2.24, 2.45) is 0 Å². The molecule has 1 radical (unpaired) electrons. The summed E-state index contributed by atoms with van der Waals surface area (Å²) in [6.45, 7) is 5.47. The van der Waals surface area contributed by atoms with E-state index in [0.717, 1.165) is 6.42 Å². The van der Waals surface area contributed by atoms with Gasteiger partial charge in [0.15, 0.2) is 0 Å². The second-order valence-corrected chi connectivity index (χ2v) is 2.80. The van der Waals surface area contributed by atoms with Gasteiger partial charge < -0.3 is 0 Å². The number of rotatable bonds is 6. The van der Waals surface area contributed by atoms with Crippen LogP contribution < -0.4 is 0 Å². The molecule has 10 heavy (non-hydrogen) atoms. The van der Waals surface area contributed by atoms with Gasteiger partial charge in [0.25, 0.3) is 0 Å². The second-order valence-electron chi connectivity index (χ2n) is 2.80. The molecule has 1 unspecified atom stereocenters. The molecule has 0 amide bonds. The van der Waals surface area contributed by atoms with Crippen LogP contribution >= 0.6 is 0 Å². The molecule has 0 aliphatic heterocycles. The first-order chi connectivity index (χ1) is 4.77. The fraction of sp³-hybridized carbons (Fsp3) is 0.889. The molecule has 0 bridgehead atoms. The highest BCUT2D eigenvalue weighted by Gasteiger charge is 1.96. The molecule has 0 aliphatic carbocycles. The molecule has 0 saturated heterocycles. The van der Waals surface area contributed by atoms with E-state index in [4.69, 9.17) is 0 Å². The van der Waals surface area contributed by atoms with Crippen LogP contribution in [0.25, 0.3) is 0 Å². The lowest BCUT2D eigenvalue weighted by molar-refractivity contribution is 0.362. The molecule has 0 fully saturated rings. The minimum Gasteiger partial charge on any atom is -0.247 e. The van der Waals surface area contributed by atoms with E-state index in [9.17, 15) is 4.39 Å². The Morgan fingerprint density at radius 2 is 1.80 bits per heavy atom. The molecule has 61 valence electrons. The Morgan fingerprint density at radius 1 is 1.20 bits per heavy atom. The fourth-order valence-electron chi connectivity index (χ4n) is 0.969. The molecule has 0 aromatic heterocycles. The van der Waals surface area contributed by atoms with Gasteiger partial charge in [-0.1, -0.05) is 39.0 Å². The van der Waals surface area contributed by atoms with Gasteiger partial charge in [0, 0.05) is 0 Å². The standard InChI is InChI=1S/C9H18F/c1-3-4-5-6-7-8-9(2)10/h9H,2-8H2,1H3. The van der Waals surface area contributed by atoms with E-state index in [2.05, 4.69) is 13.8 Å². The predicted molar refractivity (Wildman–Crippen MR) is 43.6 cm³/mol. The summed E-state index contributed by atoms with van der Waals surface area (Å²) >= 11 is 0. The Morgan fingerprint density at radius 3 is 2.30 bits per heavy atom. The van der Waals surface area contributed by atoms with Crippen molar-refractivity contribution in [3.63, 3.8) is 0 Å². The zero-order chi connectivity index (χ0) is 7.82. The summed E-state index contributed by atoms with van der Waals surface area (Å²) < 4.78 is 12.1. The lowest BCUT2D eigenvalue weighted by atomic mass is 10.1. The zero-order valence-corrected chi connectivity index (χ0v) is 6.91. The van der Waals surface area contributed by atoms with Gasteiger partial charge in [0.1, 0.15) is 6.17 Å². The maximum atomic E-state index is 12.1. The SMILES string of the molecule is [CH2]C(F)CCCCCCC. The van der Waals surface area contributed by atoms with Crippen LogP contribution in [0.5, 0.6) is 0 Å². The smallest absolute Gasteiger partial charge is 0.100 e. The normalized spacial score (nSPS) is 13.5. The van der Waals surface area contributed by atoms with Crippen molar-refractivity contribution < 1.29 is 4.39 Å². The summed E-state index contributed by atoms with van der Waals surface area (Å²) in [5.41, 5.74) is 0. The minimum absolute atomic E-state index is 0.643. The molecule has 1 heteroatoms. The summed E-state index contributed by atoms with van der Waals surface area (Å²) in [6.07, 6.45) is 5.76. The number of alkyl halides is 1. The van der Waals surface area contributed by atoms with Gasteiger partial charge in [-0.15, -0.1) is 0 Å². The monoisotopic (exact) mass is 145 g/mol. The molecule has 0 saturated carbocycles. The van der Waals surface area contributed by atoms with Gasteiger partial charge in [-0.25, -0.2) is 4.39 Å². The van der Waals surface area contributed by atoms with Crippen molar-refractivity contribution >= 4 is 0 Å². The Hall–Kier alpha value is -0.0700. The third kappa shape index (κ3) is 7.93. The van der Waals surface area contributed by atoms with Crippen molar-refractivity contribution in [3.05, 3.63) is 6.92 Å². The van der Waals surface area contributed by atoms with E-state index in [0.29, 0.717) is 6.42 Å². The largest absolute Gasteiger partial charge is 0.247 e. The number of halogens is 1. The first kappa shape index (κ1) is 9.93. The highest BCUT2D eigenvalue weighted by molar-refractivity contribution is 4.56. The molecule has 0 nitrogen and oxygen atoms in total. The average Bonchev–Trinajstić information content (AvgIpc) is 1.87. The average molecular weight is 145 g/mol. The van der Waals surface area contributed by atoms with Gasteiger partial charge in [0.05, 0.1) is 0 Å². The first-order valence-corrected chi connectivity index (χ1v) is 4.24. The summed E-state index contributed by atoms with van der Waals surface area (Å²) in [7, 11) is 0. The molecule has 0 N–H and O–H groups in total. The quantitative estimate of drug-likeness (QED) is 0.502. The zero-order valence-electron chi connectivity index (χ0n) is 6.91. The van der Waals surface area contributed by atoms with E-state index in [-0.39, 0.29) is 0 Å². The topological polar surface area (TPSA) is 0 Å². The number of hydrogen-bond donors (Lipinski definition) is 0. The van der Waals surface area contributed by atoms with Crippen LogP contribution in [-0.4, -0.2) is 6.17 Å². The highest BCUT2D eigenvalue weighted by Crippen LogP contribution is 2.07. The molecule has 0 aromatic rings. The van der Waals surface area contributed by atoms with Crippen LogP contribution in [0.2, 0.25) is 0 Å². The van der Waals surface area contributed by atoms with E-state index < -0.39 is 6.17 Å². The van der Waals surface area contributed by atoms with Gasteiger partial charge >= 0.3 is 0 Å². The Balaban J connectivity index is 2.77. The van der Waals surface area contributed by atoms with Crippen LogP contribution in [0, 0.1) is 6.92 Å². The maximum absolute atomic E-state index is 12.1. The molecular formula is C9H18F. The summed E-state index contributed by atoms with van der Waals surface area (Å²) in [5, 5.41) is 0. The molecule has 1 atom stereocenters. The van der Waals surface area contributed by atoms with Gasteiger partial charge in [-0.2, -0.15) is 0 Å². The Labute approximate surface area is 63.8 Å². The third-order valence-electron chi connectivity index (χ3n) is 1.62. The van der Waals surface area contributed by atoms with Gasteiger partial charge in [0.2, 0.25) is 0 Å². The molecular weight excluding hydrogens is 127 g/mol. The van der Waals surface area contributed by atoms with E-state index in [1.807, 2.05) is 0 Å². The maximum Gasteiger partial charge on any atom is 0.100 e. The minimum atomic E-state index is -0.846. The summed E-state index contributed by atoms with van der Waals surface area (Å²) in [5.74, 6) is 0. The van der Waals surface area contributed by atoms with Gasteiger partial charge in [-0.3, -0.25) is 0 Å². The van der Waals surface area contributed by atoms with Crippen LogP contribution in [0.15, 0.2) is 0 Å². The third-order valence-corrected chi connectivity index (χ3v) is 1.62. The number of hydrogen-bond acceptors (Lipinski definition) is 0. The van der Waals surface area contributed by atoms with Gasteiger partial charge in [-0.05, 0) is 13.3 Å². The van der Waals surface area contributed by atoms with Crippen molar-refractivity contribution in [2.75, 3.05) is 0 Å². The molecule has 0 heterocycles.